The Kier molecular flexibility index (Phi) is 7.54. The molecule has 0 bridgehead atoms. The second-order valence-electron chi connectivity index (χ2n) is 8.54. The first-order valence-electron chi connectivity index (χ1n) is 11.5. The lowest BCUT2D eigenvalue weighted by molar-refractivity contribution is -0.139. The van der Waals surface area contributed by atoms with Crippen molar-refractivity contribution in [1.29, 1.82) is 0 Å². The average Bonchev–Trinajstić information content (AvgIpc) is 3.53. The molecule has 1 saturated carbocycles. The summed E-state index contributed by atoms with van der Waals surface area (Å²) in [5.41, 5.74) is 0.947. The highest BCUT2D eigenvalue weighted by atomic mass is 19.1. The van der Waals surface area contributed by atoms with Gasteiger partial charge in [-0.15, -0.1) is 0 Å². The first-order chi connectivity index (χ1) is 16.9. The van der Waals surface area contributed by atoms with Crippen molar-refractivity contribution in [2.75, 3.05) is 4.90 Å². The van der Waals surface area contributed by atoms with Crippen LogP contribution in [0.3, 0.4) is 0 Å². The van der Waals surface area contributed by atoms with Crippen LogP contribution in [0.25, 0.3) is 0 Å². The maximum Gasteiger partial charge on any atom is 0.317 e. The summed E-state index contributed by atoms with van der Waals surface area (Å²) in [5.74, 6) is -1.88. The van der Waals surface area contributed by atoms with Crippen LogP contribution in [-0.4, -0.2) is 28.7 Å². The molecule has 8 nitrogen and oxygen atoms in total. The molecule has 1 atom stereocenters. The third-order valence-corrected chi connectivity index (χ3v) is 5.94. The predicted molar refractivity (Wildman–Crippen MR) is 127 cm³/mol. The Morgan fingerprint density at radius 3 is 2.49 bits per heavy atom. The van der Waals surface area contributed by atoms with Gasteiger partial charge in [0.05, 0.1) is 11.9 Å². The van der Waals surface area contributed by atoms with E-state index in [0.29, 0.717) is 11.3 Å². The first-order valence-corrected chi connectivity index (χ1v) is 11.5. The average molecular weight is 479 g/mol. The molecular weight excluding hydrogens is 451 g/mol. The summed E-state index contributed by atoms with van der Waals surface area (Å²) in [4.78, 5) is 45.1. The van der Waals surface area contributed by atoms with Gasteiger partial charge < -0.3 is 15.1 Å². The van der Waals surface area contributed by atoms with Gasteiger partial charge in [-0.1, -0.05) is 25.0 Å². The highest BCUT2D eigenvalue weighted by Gasteiger charge is 2.38. The van der Waals surface area contributed by atoms with Crippen molar-refractivity contribution in [3.05, 3.63) is 83.8 Å². The quantitative estimate of drug-likeness (QED) is 0.505. The SMILES string of the molecule is Cc1ccc([C@@H](C(=O)NCc2ccc(F)cc2)N(C(=O)C(=O)NC2CCCC2)c2cccnc2)o1. The monoisotopic (exact) mass is 478 g/mol. The van der Waals surface area contributed by atoms with E-state index in [0.717, 1.165) is 30.6 Å². The van der Waals surface area contributed by atoms with E-state index in [-0.39, 0.29) is 29.9 Å². The molecule has 3 aromatic rings. The second-order valence-corrected chi connectivity index (χ2v) is 8.54. The van der Waals surface area contributed by atoms with Crippen LogP contribution in [0.15, 0.2) is 65.3 Å². The molecule has 0 radical (unpaired) electrons. The van der Waals surface area contributed by atoms with E-state index in [1.54, 1.807) is 43.3 Å². The minimum atomic E-state index is -1.27. The number of aromatic nitrogens is 1. The van der Waals surface area contributed by atoms with Crippen molar-refractivity contribution in [1.82, 2.24) is 15.6 Å². The summed E-state index contributed by atoms with van der Waals surface area (Å²) in [5, 5.41) is 5.57. The number of anilines is 1. The molecule has 1 fully saturated rings. The molecule has 9 heteroatoms. The lowest BCUT2D eigenvalue weighted by Crippen LogP contribution is -2.50. The lowest BCUT2D eigenvalue weighted by atomic mass is 10.1. The number of rotatable bonds is 7. The van der Waals surface area contributed by atoms with E-state index < -0.39 is 23.8 Å². The number of pyridine rings is 1. The highest BCUT2D eigenvalue weighted by molar-refractivity contribution is 6.41. The van der Waals surface area contributed by atoms with Crippen LogP contribution in [-0.2, 0) is 20.9 Å². The Morgan fingerprint density at radius 2 is 1.86 bits per heavy atom. The Balaban J connectivity index is 1.65. The number of hydrogen-bond donors (Lipinski definition) is 2. The van der Waals surface area contributed by atoms with Crippen LogP contribution in [0.5, 0.6) is 0 Å². The number of furan rings is 1. The summed E-state index contributed by atoms with van der Waals surface area (Å²) in [7, 11) is 0. The number of nitrogens with zero attached hydrogens (tertiary/aromatic N) is 2. The molecule has 2 heterocycles. The van der Waals surface area contributed by atoms with Crippen LogP contribution in [0, 0.1) is 12.7 Å². The largest absolute Gasteiger partial charge is 0.464 e. The van der Waals surface area contributed by atoms with Crippen molar-refractivity contribution < 1.29 is 23.2 Å². The maximum absolute atomic E-state index is 13.5. The second kappa shape index (κ2) is 10.9. The Morgan fingerprint density at radius 1 is 1.11 bits per heavy atom. The normalized spacial score (nSPS) is 14.3. The number of carbonyl (C=O) groups excluding carboxylic acids is 3. The van der Waals surface area contributed by atoms with Crippen molar-refractivity contribution in [3.63, 3.8) is 0 Å². The number of nitrogens with one attached hydrogen (secondary N) is 2. The summed E-state index contributed by atoms with van der Waals surface area (Å²) < 4.78 is 19.0. The van der Waals surface area contributed by atoms with Gasteiger partial charge in [0.15, 0.2) is 6.04 Å². The minimum absolute atomic E-state index is 0.0705. The van der Waals surface area contributed by atoms with Gasteiger partial charge in [0.2, 0.25) is 0 Å². The van der Waals surface area contributed by atoms with E-state index in [9.17, 15) is 18.8 Å². The third kappa shape index (κ3) is 5.92. The Hall–Kier alpha value is -4.01. The van der Waals surface area contributed by atoms with Gasteiger partial charge in [-0.3, -0.25) is 24.3 Å². The molecule has 1 aliphatic rings. The molecule has 0 unspecified atom stereocenters. The lowest BCUT2D eigenvalue weighted by Gasteiger charge is -2.29. The molecule has 4 rings (SSSR count). The van der Waals surface area contributed by atoms with E-state index in [4.69, 9.17) is 4.42 Å². The molecule has 0 spiro atoms. The number of carbonyl (C=O) groups is 3. The van der Waals surface area contributed by atoms with Crippen molar-refractivity contribution in [3.8, 4) is 0 Å². The van der Waals surface area contributed by atoms with Gasteiger partial charge in [-0.25, -0.2) is 4.39 Å². The zero-order chi connectivity index (χ0) is 24.8. The number of halogens is 1. The van der Waals surface area contributed by atoms with E-state index in [1.807, 2.05) is 0 Å². The van der Waals surface area contributed by atoms with Gasteiger partial charge in [0, 0.05) is 18.8 Å². The molecule has 182 valence electrons. The fourth-order valence-corrected chi connectivity index (χ4v) is 4.17. The predicted octanol–water partition coefficient (Wildman–Crippen LogP) is 3.57. The third-order valence-electron chi connectivity index (χ3n) is 5.94. The zero-order valence-electron chi connectivity index (χ0n) is 19.4. The summed E-state index contributed by atoms with van der Waals surface area (Å²) in [6.45, 7) is 1.82. The van der Waals surface area contributed by atoms with Gasteiger partial charge in [0.1, 0.15) is 17.3 Å². The Bertz CT molecular complexity index is 1170. The van der Waals surface area contributed by atoms with Crippen LogP contribution in [0.4, 0.5) is 10.1 Å². The number of aryl methyl sites for hydroxylation is 1. The van der Waals surface area contributed by atoms with Crippen LogP contribution in [0.2, 0.25) is 0 Å². The first kappa shape index (κ1) is 24.1. The smallest absolute Gasteiger partial charge is 0.317 e. The standard InChI is InChI=1S/C26H27FN4O4/c1-17-8-13-22(35-17)23(24(32)29-15-18-9-11-19(27)12-10-18)31(21-7-4-14-28-16-21)26(34)25(33)30-20-5-2-3-6-20/h4,7-14,16,20,23H,2-3,5-6,15H2,1H3,(H,29,32)(H,30,33)/t23-/m0/s1. The molecule has 2 N–H and O–H groups in total. The van der Waals surface area contributed by atoms with Gasteiger partial charge >= 0.3 is 11.8 Å². The van der Waals surface area contributed by atoms with Crippen molar-refractivity contribution in [2.24, 2.45) is 0 Å². The molecule has 0 aliphatic heterocycles. The van der Waals surface area contributed by atoms with E-state index in [1.165, 1.54) is 24.5 Å². The minimum Gasteiger partial charge on any atom is -0.464 e. The molecule has 2 aromatic heterocycles. The summed E-state index contributed by atoms with van der Waals surface area (Å²) in [6.07, 6.45) is 6.55. The number of hydrogen-bond acceptors (Lipinski definition) is 5. The fraction of sp³-hybridized carbons (Fsp3) is 0.308. The number of amides is 3. The van der Waals surface area contributed by atoms with Gasteiger partial charge in [0.25, 0.3) is 5.91 Å². The highest BCUT2D eigenvalue weighted by Crippen LogP contribution is 2.29. The van der Waals surface area contributed by atoms with E-state index in [2.05, 4.69) is 15.6 Å². The van der Waals surface area contributed by atoms with E-state index >= 15 is 0 Å². The van der Waals surface area contributed by atoms with Crippen molar-refractivity contribution in [2.45, 2.75) is 51.2 Å². The van der Waals surface area contributed by atoms with Gasteiger partial charge in [-0.2, -0.15) is 0 Å². The molecule has 35 heavy (non-hydrogen) atoms. The number of benzene rings is 1. The Labute approximate surface area is 202 Å². The van der Waals surface area contributed by atoms with Crippen LogP contribution < -0.4 is 15.5 Å². The topological polar surface area (TPSA) is 105 Å². The molecule has 1 aromatic carbocycles. The van der Waals surface area contributed by atoms with Crippen molar-refractivity contribution >= 4 is 23.4 Å². The fourth-order valence-electron chi connectivity index (χ4n) is 4.17. The van der Waals surface area contributed by atoms with Gasteiger partial charge in [-0.05, 0) is 61.7 Å². The summed E-state index contributed by atoms with van der Waals surface area (Å²) in [6, 6.07) is 10.9. The molecule has 1 aliphatic carbocycles. The summed E-state index contributed by atoms with van der Waals surface area (Å²) >= 11 is 0. The zero-order valence-corrected chi connectivity index (χ0v) is 19.4. The van der Waals surface area contributed by atoms with Crippen LogP contribution >= 0.6 is 0 Å². The maximum atomic E-state index is 13.5. The molecule has 0 saturated heterocycles. The van der Waals surface area contributed by atoms with Crippen LogP contribution in [0.1, 0.15) is 48.8 Å². The molecule has 3 amide bonds. The molecular formula is C26H27FN4O4.